The van der Waals surface area contributed by atoms with E-state index in [-0.39, 0.29) is 11.4 Å². The van der Waals surface area contributed by atoms with Crippen LogP contribution in [0.4, 0.5) is 13.2 Å². The summed E-state index contributed by atoms with van der Waals surface area (Å²) in [7, 11) is 0. The molecule has 4 rings (SSSR count). The summed E-state index contributed by atoms with van der Waals surface area (Å²) in [5.74, 6) is -1.00. The minimum absolute atomic E-state index is 0.0144. The average molecular weight is 552 g/mol. The van der Waals surface area contributed by atoms with Crippen molar-refractivity contribution in [2.75, 3.05) is 0 Å². The number of halogens is 3. The molecule has 0 aliphatic heterocycles. The Kier molecular flexibility index (Phi) is 8.37. The summed E-state index contributed by atoms with van der Waals surface area (Å²) in [6.45, 7) is 3.42. The molecule has 2 aromatic heterocycles. The highest BCUT2D eigenvalue weighted by Gasteiger charge is 2.32. The first kappa shape index (κ1) is 28.5. The molecule has 0 saturated carbocycles. The second kappa shape index (κ2) is 11.7. The fourth-order valence-corrected chi connectivity index (χ4v) is 4.05. The second-order valence-corrected chi connectivity index (χ2v) is 9.79. The van der Waals surface area contributed by atoms with Crippen molar-refractivity contribution >= 4 is 11.8 Å². The van der Waals surface area contributed by atoms with Crippen LogP contribution in [-0.2, 0) is 23.9 Å². The molecule has 0 aliphatic rings. The van der Waals surface area contributed by atoms with Gasteiger partial charge in [-0.1, -0.05) is 42.5 Å². The van der Waals surface area contributed by atoms with Gasteiger partial charge in [0.25, 0.3) is 0 Å². The Bertz CT molecular complexity index is 1480. The molecule has 0 bridgehead atoms. The lowest BCUT2D eigenvalue weighted by Gasteiger charge is -2.21. The van der Waals surface area contributed by atoms with Crippen molar-refractivity contribution < 1.29 is 32.6 Å². The van der Waals surface area contributed by atoms with Gasteiger partial charge in [-0.3, -0.25) is 9.78 Å². The Balaban J connectivity index is 1.48. The molecular weight excluding hydrogens is 523 g/mol. The molecule has 40 heavy (non-hydrogen) atoms. The van der Waals surface area contributed by atoms with Gasteiger partial charge in [0.05, 0.1) is 5.69 Å². The summed E-state index contributed by atoms with van der Waals surface area (Å²) in [6, 6.07) is 18.4. The van der Waals surface area contributed by atoms with Crippen LogP contribution >= 0.6 is 0 Å². The molecule has 10 heteroatoms. The summed E-state index contributed by atoms with van der Waals surface area (Å²) < 4.78 is 46.1. The van der Waals surface area contributed by atoms with E-state index in [1.807, 2.05) is 42.5 Å². The standard InChI is InChI=1S/C30H28F3N3O4/c1-29(2,28(38)39)40-23-13-8-10-20(17-23)9-6-7-16-36-19-24(21-11-4-3-5-12-21)35-27(36)26(37)22-14-15-25(34-18-22)30(31,32)33/h3-5,8,10-15,17-19H,6-7,9,16H2,1-2H3,(H,38,39). The number of carboxylic acids is 1. The predicted molar refractivity (Wildman–Crippen MR) is 142 cm³/mol. The molecule has 0 radical (unpaired) electrons. The first-order valence-electron chi connectivity index (χ1n) is 12.7. The summed E-state index contributed by atoms with van der Waals surface area (Å²) >= 11 is 0. The molecule has 208 valence electrons. The largest absolute Gasteiger partial charge is 0.478 e. The normalized spacial score (nSPS) is 11.8. The number of hydrogen-bond donors (Lipinski definition) is 1. The van der Waals surface area contributed by atoms with E-state index in [2.05, 4.69) is 9.97 Å². The van der Waals surface area contributed by atoms with Crippen molar-refractivity contribution in [2.45, 2.75) is 51.4 Å². The van der Waals surface area contributed by atoms with Gasteiger partial charge in [0, 0.05) is 30.1 Å². The van der Waals surface area contributed by atoms with Crippen LogP contribution in [-0.4, -0.2) is 37.0 Å². The van der Waals surface area contributed by atoms with Crippen molar-refractivity contribution in [3.8, 4) is 17.0 Å². The predicted octanol–water partition coefficient (Wildman–Crippen LogP) is 6.46. The van der Waals surface area contributed by atoms with Gasteiger partial charge >= 0.3 is 12.1 Å². The van der Waals surface area contributed by atoms with E-state index in [4.69, 9.17) is 4.74 Å². The Morgan fingerprint density at radius 2 is 1.73 bits per heavy atom. The van der Waals surface area contributed by atoms with Gasteiger partial charge in [-0.25, -0.2) is 9.78 Å². The lowest BCUT2D eigenvalue weighted by atomic mass is 10.1. The lowest BCUT2D eigenvalue weighted by Crippen LogP contribution is -2.37. The molecule has 0 atom stereocenters. The van der Waals surface area contributed by atoms with Gasteiger partial charge in [0.2, 0.25) is 5.78 Å². The zero-order chi connectivity index (χ0) is 28.9. The number of rotatable bonds is 11. The maximum Gasteiger partial charge on any atom is 0.433 e. The Morgan fingerprint density at radius 1 is 0.975 bits per heavy atom. The van der Waals surface area contributed by atoms with Gasteiger partial charge < -0.3 is 14.4 Å². The number of hydrogen-bond acceptors (Lipinski definition) is 5. The topological polar surface area (TPSA) is 94.3 Å². The lowest BCUT2D eigenvalue weighted by molar-refractivity contribution is -0.152. The van der Waals surface area contributed by atoms with Crippen molar-refractivity contribution in [3.05, 3.63) is 102 Å². The van der Waals surface area contributed by atoms with Gasteiger partial charge in [0.15, 0.2) is 11.4 Å². The highest BCUT2D eigenvalue weighted by molar-refractivity contribution is 6.06. The zero-order valence-electron chi connectivity index (χ0n) is 22.0. The first-order valence-corrected chi connectivity index (χ1v) is 12.7. The zero-order valence-corrected chi connectivity index (χ0v) is 22.0. The highest BCUT2D eigenvalue weighted by atomic mass is 19.4. The van der Waals surface area contributed by atoms with E-state index < -0.39 is 29.2 Å². The SMILES string of the molecule is CC(C)(Oc1cccc(CCCCn2cc(-c3ccccc3)nc2C(=O)c2ccc(C(F)(F)F)nc2)c1)C(=O)O. The number of unbranched alkanes of at least 4 members (excludes halogenated alkanes) is 1. The number of imidazole rings is 1. The van der Waals surface area contributed by atoms with E-state index in [0.717, 1.165) is 35.9 Å². The number of pyridine rings is 1. The number of aryl methyl sites for hydroxylation is 2. The number of alkyl halides is 3. The molecule has 0 spiro atoms. The van der Waals surface area contributed by atoms with Gasteiger partial charge in [-0.15, -0.1) is 0 Å². The number of ketones is 1. The minimum Gasteiger partial charge on any atom is -0.478 e. The summed E-state index contributed by atoms with van der Waals surface area (Å²) in [5.41, 5.74) is -0.0563. The van der Waals surface area contributed by atoms with Gasteiger partial charge in [-0.2, -0.15) is 13.2 Å². The number of carbonyl (C=O) groups is 2. The molecule has 7 nitrogen and oxygen atoms in total. The third-order valence-electron chi connectivity index (χ3n) is 6.27. The van der Waals surface area contributed by atoms with Crippen molar-refractivity contribution in [1.29, 1.82) is 0 Å². The van der Waals surface area contributed by atoms with E-state index in [1.165, 1.54) is 13.8 Å². The molecule has 0 fully saturated rings. The highest BCUT2D eigenvalue weighted by Crippen LogP contribution is 2.28. The third kappa shape index (κ3) is 6.93. The number of benzene rings is 2. The van der Waals surface area contributed by atoms with E-state index >= 15 is 0 Å². The van der Waals surface area contributed by atoms with Gasteiger partial charge in [0.1, 0.15) is 11.4 Å². The summed E-state index contributed by atoms with van der Waals surface area (Å²) in [6.07, 6.45) is 0.215. The van der Waals surface area contributed by atoms with Crippen LogP contribution in [0.5, 0.6) is 5.75 Å². The van der Waals surface area contributed by atoms with Crippen molar-refractivity contribution in [1.82, 2.24) is 14.5 Å². The maximum atomic E-state index is 13.3. The number of carboxylic acid groups (broad SMARTS) is 1. The molecule has 4 aromatic rings. The van der Waals surface area contributed by atoms with Crippen LogP contribution in [0.25, 0.3) is 11.3 Å². The first-order chi connectivity index (χ1) is 18.9. The Labute approximate surface area is 229 Å². The molecule has 2 heterocycles. The summed E-state index contributed by atoms with van der Waals surface area (Å²) in [4.78, 5) is 32.6. The number of aliphatic carboxylic acids is 1. The van der Waals surface area contributed by atoms with Crippen LogP contribution < -0.4 is 4.74 Å². The number of aromatic nitrogens is 3. The second-order valence-electron chi connectivity index (χ2n) is 9.79. The van der Waals surface area contributed by atoms with Crippen molar-refractivity contribution in [3.63, 3.8) is 0 Å². The van der Waals surface area contributed by atoms with Crippen LogP contribution in [0.15, 0.2) is 79.1 Å². The quantitative estimate of drug-likeness (QED) is 0.170. The monoisotopic (exact) mass is 551 g/mol. The molecule has 0 saturated heterocycles. The molecule has 1 N–H and O–H groups in total. The number of ether oxygens (including phenoxy) is 1. The van der Waals surface area contributed by atoms with E-state index in [1.54, 1.807) is 22.9 Å². The molecular formula is C30H28F3N3O4. The fraction of sp³-hybridized carbons (Fsp3) is 0.267. The van der Waals surface area contributed by atoms with Crippen LogP contribution in [0, 0.1) is 0 Å². The minimum atomic E-state index is -4.60. The van der Waals surface area contributed by atoms with Crippen LogP contribution in [0.2, 0.25) is 0 Å². The van der Waals surface area contributed by atoms with E-state index in [0.29, 0.717) is 30.8 Å². The fourth-order valence-electron chi connectivity index (χ4n) is 4.05. The molecule has 0 unspecified atom stereocenters. The van der Waals surface area contributed by atoms with E-state index in [9.17, 15) is 27.9 Å². The molecule has 2 aromatic carbocycles. The Hall–Kier alpha value is -4.47. The van der Waals surface area contributed by atoms with Crippen LogP contribution in [0.3, 0.4) is 0 Å². The summed E-state index contributed by atoms with van der Waals surface area (Å²) in [5, 5.41) is 9.30. The van der Waals surface area contributed by atoms with Crippen molar-refractivity contribution in [2.24, 2.45) is 0 Å². The number of carbonyl (C=O) groups excluding carboxylic acids is 1. The number of nitrogens with zero attached hydrogens (tertiary/aromatic N) is 3. The molecule has 0 amide bonds. The Morgan fingerprint density at radius 3 is 2.38 bits per heavy atom. The third-order valence-corrected chi connectivity index (χ3v) is 6.27. The molecule has 0 aliphatic carbocycles. The average Bonchev–Trinajstić information content (AvgIpc) is 3.35. The smallest absolute Gasteiger partial charge is 0.433 e. The maximum absolute atomic E-state index is 13.3. The van der Waals surface area contributed by atoms with Crippen LogP contribution in [0.1, 0.15) is 54.1 Å². The van der Waals surface area contributed by atoms with Gasteiger partial charge in [-0.05, 0) is 62.9 Å².